The van der Waals surface area contributed by atoms with Crippen molar-refractivity contribution in [2.45, 2.75) is 52.3 Å². The predicted molar refractivity (Wildman–Crippen MR) is 129 cm³/mol. The Morgan fingerprint density at radius 1 is 0.943 bits per heavy atom. The standard InChI is InChI=1S/C24H34N3O.C2HF3O2/c1-3-27(4-2)23-13-11-21(12-14-23)9-10-22-15-19-26(20-16-22)18-6-8-24(28)7-5-17-25;3-2(4,5)1(6)7/h9-16,19-20H,3-8,17-18,25H2,1-2H3;(H,6,7)/q+1;/p-1. The number of benzene rings is 1. The minimum absolute atomic E-state index is 0.317. The summed E-state index contributed by atoms with van der Waals surface area (Å²) in [5, 5.41) is 8.78. The smallest absolute Gasteiger partial charge is 0.430 e. The second-order valence-corrected chi connectivity index (χ2v) is 7.79. The molecule has 0 aliphatic heterocycles. The van der Waals surface area contributed by atoms with E-state index in [0.717, 1.165) is 32.5 Å². The molecule has 35 heavy (non-hydrogen) atoms. The molecule has 2 N–H and O–H groups in total. The SMILES string of the molecule is CCN(CC)c1ccc(C=Cc2cc[n+](CCCC(=O)CCCN)cc2)cc1.O=C([O-])C(F)(F)F. The number of carbonyl (C=O) groups is 2. The van der Waals surface area contributed by atoms with E-state index in [1.165, 1.54) is 16.8 Å². The fraction of sp³-hybridized carbons (Fsp3) is 0.423. The highest BCUT2D eigenvalue weighted by Crippen LogP contribution is 2.16. The van der Waals surface area contributed by atoms with E-state index in [0.29, 0.717) is 25.2 Å². The number of anilines is 1. The zero-order valence-electron chi connectivity index (χ0n) is 20.3. The second kappa shape index (κ2) is 15.7. The molecule has 0 aliphatic rings. The van der Waals surface area contributed by atoms with Crippen molar-refractivity contribution in [2.75, 3.05) is 24.5 Å². The van der Waals surface area contributed by atoms with Gasteiger partial charge in [0.25, 0.3) is 0 Å². The fourth-order valence-electron chi connectivity index (χ4n) is 3.19. The number of hydrogen-bond acceptors (Lipinski definition) is 5. The predicted octanol–water partition coefficient (Wildman–Crippen LogP) is 3.38. The lowest BCUT2D eigenvalue weighted by atomic mass is 10.1. The minimum Gasteiger partial charge on any atom is -0.542 e. The van der Waals surface area contributed by atoms with Crippen molar-refractivity contribution in [1.29, 1.82) is 0 Å². The molecule has 2 aromatic rings. The van der Waals surface area contributed by atoms with E-state index < -0.39 is 12.1 Å². The Hall–Kier alpha value is -3.20. The summed E-state index contributed by atoms with van der Waals surface area (Å²) < 4.78 is 33.7. The van der Waals surface area contributed by atoms with E-state index in [-0.39, 0.29) is 0 Å². The topological polar surface area (TPSA) is 90.3 Å². The number of rotatable bonds is 12. The van der Waals surface area contributed by atoms with Gasteiger partial charge in [0.05, 0.1) is 0 Å². The van der Waals surface area contributed by atoms with Gasteiger partial charge in [-0.25, -0.2) is 4.57 Å². The van der Waals surface area contributed by atoms with Gasteiger partial charge in [-0.3, -0.25) is 4.79 Å². The van der Waals surface area contributed by atoms with Crippen LogP contribution in [0.1, 0.15) is 50.7 Å². The number of carboxylic acid groups (broad SMARTS) is 1. The molecule has 0 aliphatic carbocycles. The first-order valence-electron chi connectivity index (χ1n) is 11.6. The van der Waals surface area contributed by atoms with Gasteiger partial charge in [-0.2, -0.15) is 13.2 Å². The van der Waals surface area contributed by atoms with E-state index in [4.69, 9.17) is 15.6 Å². The number of carboxylic acids is 1. The maximum absolute atomic E-state index is 11.7. The quantitative estimate of drug-likeness (QED) is 0.458. The van der Waals surface area contributed by atoms with Crippen LogP contribution < -0.4 is 20.3 Å². The number of aliphatic carboxylic acids is 1. The molecule has 1 heterocycles. The zero-order chi connectivity index (χ0) is 26.3. The zero-order valence-corrected chi connectivity index (χ0v) is 20.3. The Morgan fingerprint density at radius 3 is 1.89 bits per heavy atom. The van der Waals surface area contributed by atoms with Crippen LogP contribution in [0, 0.1) is 0 Å². The van der Waals surface area contributed by atoms with Crippen molar-refractivity contribution in [3.8, 4) is 0 Å². The molecular weight excluding hydrogens is 459 g/mol. The summed E-state index contributed by atoms with van der Waals surface area (Å²) in [6.45, 7) is 7.87. The molecule has 1 aromatic carbocycles. The van der Waals surface area contributed by atoms with Crippen LogP contribution in [0.5, 0.6) is 0 Å². The highest BCUT2D eigenvalue weighted by atomic mass is 19.4. The number of carbonyl (C=O) groups excluding carboxylic acids is 2. The molecule has 0 bridgehead atoms. The molecule has 0 spiro atoms. The summed E-state index contributed by atoms with van der Waals surface area (Å²) in [6.07, 6.45) is 6.15. The fourth-order valence-corrected chi connectivity index (χ4v) is 3.19. The molecule has 0 unspecified atom stereocenters. The third-order valence-corrected chi connectivity index (χ3v) is 5.17. The van der Waals surface area contributed by atoms with E-state index in [1.807, 2.05) is 0 Å². The number of Topliss-reactive ketones (excluding diaryl/α,β-unsaturated/α-hetero) is 1. The average molecular weight is 494 g/mol. The normalized spacial score (nSPS) is 11.1. The number of pyridine rings is 1. The first-order valence-corrected chi connectivity index (χ1v) is 11.6. The van der Waals surface area contributed by atoms with E-state index in [2.05, 4.69) is 84.3 Å². The summed E-state index contributed by atoms with van der Waals surface area (Å²) in [6, 6.07) is 12.9. The molecule has 0 atom stereocenters. The molecule has 0 radical (unpaired) electrons. The van der Waals surface area contributed by atoms with Gasteiger partial charge in [-0.15, -0.1) is 0 Å². The van der Waals surface area contributed by atoms with Crippen molar-refractivity contribution in [1.82, 2.24) is 0 Å². The van der Waals surface area contributed by atoms with Crippen molar-refractivity contribution >= 4 is 29.6 Å². The summed E-state index contributed by atoms with van der Waals surface area (Å²) in [4.78, 5) is 22.8. The highest BCUT2D eigenvalue weighted by Gasteiger charge is 2.28. The van der Waals surface area contributed by atoms with Crippen LogP contribution in [0.4, 0.5) is 18.9 Å². The Morgan fingerprint density at radius 2 is 1.43 bits per heavy atom. The molecule has 6 nitrogen and oxygen atoms in total. The highest BCUT2D eigenvalue weighted by molar-refractivity contribution is 5.78. The average Bonchev–Trinajstić information content (AvgIpc) is 2.83. The number of ketones is 1. The summed E-state index contributed by atoms with van der Waals surface area (Å²) in [5.74, 6) is -2.69. The third kappa shape index (κ3) is 12.2. The molecule has 0 amide bonds. The van der Waals surface area contributed by atoms with Crippen molar-refractivity contribution in [2.24, 2.45) is 5.73 Å². The summed E-state index contributed by atoms with van der Waals surface area (Å²) in [5.41, 5.74) is 9.07. The van der Waals surface area contributed by atoms with Crippen LogP contribution >= 0.6 is 0 Å². The lowest BCUT2D eigenvalue weighted by Crippen LogP contribution is -2.37. The van der Waals surface area contributed by atoms with Gasteiger partial charge in [-0.1, -0.05) is 24.3 Å². The molecular formula is C26H34F3N3O3. The van der Waals surface area contributed by atoms with E-state index in [9.17, 15) is 18.0 Å². The van der Waals surface area contributed by atoms with Crippen LogP contribution in [0.3, 0.4) is 0 Å². The van der Waals surface area contributed by atoms with Gasteiger partial charge in [0.2, 0.25) is 0 Å². The summed E-state index contributed by atoms with van der Waals surface area (Å²) in [7, 11) is 0. The monoisotopic (exact) mass is 493 g/mol. The van der Waals surface area contributed by atoms with E-state index in [1.54, 1.807) is 0 Å². The molecule has 0 saturated carbocycles. The number of halogens is 3. The number of alkyl halides is 3. The van der Waals surface area contributed by atoms with Crippen LogP contribution in [0.25, 0.3) is 12.2 Å². The number of aryl methyl sites for hydroxylation is 1. The number of aromatic nitrogens is 1. The Kier molecular flexibility index (Phi) is 13.3. The number of nitrogens with zero attached hydrogens (tertiary/aromatic N) is 2. The first-order chi connectivity index (χ1) is 16.6. The van der Waals surface area contributed by atoms with Crippen LogP contribution in [0.2, 0.25) is 0 Å². The molecule has 9 heteroatoms. The Bertz CT molecular complexity index is 924. The van der Waals surface area contributed by atoms with Gasteiger partial charge >= 0.3 is 6.18 Å². The van der Waals surface area contributed by atoms with Crippen molar-refractivity contribution in [3.05, 3.63) is 59.9 Å². The van der Waals surface area contributed by atoms with Gasteiger partial charge in [0.1, 0.15) is 18.3 Å². The molecule has 192 valence electrons. The van der Waals surface area contributed by atoms with Gasteiger partial charge in [-0.05, 0) is 50.1 Å². The molecule has 0 fully saturated rings. The van der Waals surface area contributed by atoms with Gasteiger partial charge in [0, 0.05) is 50.2 Å². The molecule has 0 saturated heterocycles. The Balaban J connectivity index is 0.000000762. The molecule has 2 rings (SSSR count). The number of nitrogens with two attached hydrogens (primary N) is 1. The lowest BCUT2D eigenvalue weighted by Gasteiger charge is -2.20. The lowest BCUT2D eigenvalue weighted by molar-refractivity contribution is -0.697. The minimum atomic E-state index is -5.19. The molecule has 1 aromatic heterocycles. The second-order valence-electron chi connectivity index (χ2n) is 7.79. The van der Waals surface area contributed by atoms with Crippen LogP contribution in [-0.2, 0) is 16.1 Å². The maximum atomic E-state index is 11.7. The Labute approximate surface area is 204 Å². The van der Waals surface area contributed by atoms with Crippen LogP contribution in [-0.4, -0.2) is 37.6 Å². The summed E-state index contributed by atoms with van der Waals surface area (Å²) >= 11 is 0. The van der Waals surface area contributed by atoms with Gasteiger partial charge in [0.15, 0.2) is 12.4 Å². The first kappa shape index (κ1) is 29.8. The van der Waals surface area contributed by atoms with Gasteiger partial charge < -0.3 is 20.5 Å². The van der Waals surface area contributed by atoms with Crippen molar-refractivity contribution < 1.29 is 32.4 Å². The van der Waals surface area contributed by atoms with E-state index >= 15 is 0 Å². The van der Waals surface area contributed by atoms with Crippen molar-refractivity contribution in [3.63, 3.8) is 0 Å². The third-order valence-electron chi connectivity index (χ3n) is 5.17. The number of hydrogen-bond donors (Lipinski definition) is 1. The largest absolute Gasteiger partial charge is 0.542 e. The maximum Gasteiger partial charge on any atom is 0.430 e. The van der Waals surface area contributed by atoms with Crippen LogP contribution in [0.15, 0.2) is 48.8 Å².